The Morgan fingerprint density at radius 2 is 2.16 bits per heavy atom. The Morgan fingerprint density at radius 1 is 1.36 bits per heavy atom. The van der Waals surface area contributed by atoms with E-state index in [1.807, 2.05) is 13.8 Å². The average molecular weight is 341 g/mol. The van der Waals surface area contributed by atoms with Crippen LogP contribution in [0.2, 0.25) is 0 Å². The largest absolute Gasteiger partial charge is 0.288 e. The van der Waals surface area contributed by atoms with E-state index in [2.05, 4.69) is 25.6 Å². The molecule has 3 aromatic rings. The van der Waals surface area contributed by atoms with E-state index in [1.165, 1.54) is 12.1 Å². The van der Waals surface area contributed by atoms with Gasteiger partial charge in [0.15, 0.2) is 11.5 Å². The van der Waals surface area contributed by atoms with Crippen LogP contribution in [0, 0.1) is 10.1 Å². The third-order valence-electron chi connectivity index (χ3n) is 3.41. The lowest BCUT2D eigenvalue weighted by Gasteiger charge is -2.03. The third kappa shape index (κ3) is 3.52. The first-order valence-electron chi connectivity index (χ1n) is 7.48. The Kier molecular flexibility index (Phi) is 4.25. The maximum atomic E-state index is 12.2. The zero-order valence-corrected chi connectivity index (χ0v) is 13.5. The number of carbonyl (C=O) groups is 1. The van der Waals surface area contributed by atoms with Gasteiger partial charge in [-0.2, -0.15) is 10.1 Å². The van der Waals surface area contributed by atoms with Crippen LogP contribution >= 0.6 is 0 Å². The smallest absolute Gasteiger partial charge is 0.278 e. The van der Waals surface area contributed by atoms with Crippen LogP contribution in [0.5, 0.6) is 0 Å². The highest BCUT2D eigenvalue weighted by molar-refractivity contribution is 6.01. The number of nitrogens with zero attached hydrogens (tertiary/aromatic N) is 5. The van der Waals surface area contributed by atoms with Crippen LogP contribution in [0.25, 0.3) is 11.4 Å². The van der Waals surface area contributed by atoms with Gasteiger partial charge >= 0.3 is 0 Å². The second kappa shape index (κ2) is 6.51. The molecule has 0 aliphatic heterocycles. The topological polar surface area (TPSA) is 132 Å². The van der Waals surface area contributed by atoms with Crippen LogP contribution in [-0.2, 0) is 0 Å². The van der Waals surface area contributed by atoms with Crippen molar-refractivity contribution in [2.24, 2.45) is 0 Å². The molecule has 2 aromatic heterocycles. The molecule has 0 saturated carbocycles. The predicted octanol–water partition coefficient (Wildman–Crippen LogP) is 2.41. The van der Waals surface area contributed by atoms with Gasteiger partial charge in [0.25, 0.3) is 11.6 Å². The number of nitro groups is 1. The Labute approximate surface area is 142 Å². The number of nitro benzene ring substituents is 1. The van der Waals surface area contributed by atoms with E-state index < -0.39 is 10.8 Å². The fourth-order valence-corrected chi connectivity index (χ4v) is 2.13. The minimum absolute atomic E-state index is 0.0567. The van der Waals surface area contributed by atoms with Crippen molar-refractivity contribution >= 4 is 17.5 Å². The van der Waals surface area contributed by atoms with E-state index in [0.717, 1.165) is 0 Å². The number of amides is 1. The monoisotopic (exact) mass is 341 g/mol. The van der Waals surface area contributed by atoms with Crippen molar-refractivity contribution in [3.05, 3.63) is 52.3 Å². The molecule has 1 aromatic carbocycles. The molecule has 0 bridgehead atoms. The molecule has 0 aliphatic carbocycles. The zero-order chi connectivity index (χ0) is 18.0. The fourth-order valence-electron chi connectivity index (χ4n) is 2.13. The molecule has 0 radical (unpaired) electrons. The summed E-state index contributed by atoms with van der Waals surface area (Å²) in [7, 11) is 0. The summed E-state index contributed by atoms with van der Waals surface area (Å²) in [6.07, 6.45) is 1.71. The number of H-pyrrole nitrogens is 1. The number of benzene rings is 1. The molecule has 10 heteroatoms. The minimum Gasteiger partial charge on any atom is -0.288 e. The molecule has 128 valence electrons. The van der Waals surface area contributed by atoms with Crippen LogP contribution in [0.15, 0.2) is 36.5 Å². The molecule has 0 saturated heterocycles. The summed E-state index contributed by atoms with van der Waals surface area (Å²) in [5.41, 5.74) is 0.681. The summed E-state index contributed by atoms with van der Waals surface area (Å²) >= 11 is 0. The highest BCUT2D eigenvalue weighted by atomic mass is 16.6. The highest BCUT2D eigenvalue weighted by Gasteiger charge is 2.15. The van der Waals surface area contributed by atoms with Gasteiger partial charge in [-0.1, -0.05) is 12.1 Å². The van der Waals surface area contributed by atoms with E-state index in [-0.39, 0.29) is 23.4 Å². The second-order valence-corrected chi connectivity index (χ2v) is 5.54. The Bertz CT molecular complexity index is 929. The third-order valence-corrected chi connectivity index (χ3v) is 3.41. The first kappa shape index (κ1) is 16.3. The maximum Gasteiger partial charge on any atom is 0.278 e. The molecule has 0 spiro atoms. The zero-order valence-electron chi connectivity index (χ0n) is 13.5. The van der Waals surface area contributed by atoms with Crippen molar-refractivity contribution in [3.63, 3.8) is 0 Å². The van der Waals surface area contributed by atoms with E-state index in [0.29, 0.717) is 11.4 Å². The number of hydrogen-bond donors (Lipinski definition) is 2. The van der Waals surface area contributed by atoms with Crippen LogP contribution in [-0.4, -0.2) is 35.8 Å². The molecule has 1 amide bonds. The first-order valence-corrected chi connectivity index (χ1v) is 7.48. The quantitative estimate of drug-likeness (QED) is 0.541. The fraction of sp³-hybridized carbons (Fsp3) is 0.200. The van der Waals surface area contributed by atoms with E-state index in [1.54, 1.807) is 29.1 Å². The summed E-state index contributed by atoms with van der Waals surface area (Å²) in [5.74, 6) is -0.0682. The molecule has 10 nitrogen and oxygen atoms in total. The van der Waals surface area contributed by atoms with Crippen LogP contribution in [0.1, 0.15) is 30.4 Å². The molecule has 2 heterocycles. The van der Waals surface area contributed by atoms with Gasteiger partial charge in [0.05, 0.1) is 4.92 Å². The van der Waals surface area contributed by atoms with E-state index in [9.17, 15) is 14.9 Å². The van der Waals surface area contributed by atoms with Crippen molar-refractivity contribution in [2.45, 2.75) is 19.9 Å². The number of non-ortho nitro benzene ring substituents is 1. The molecule has 0 aliphatic rings. The molecule has 0 atom stereocenters. The number of carbonyl (C=O) groups excluding carboxylic acids is 1. The molecular formula is C15H15N7O3. The number of nitrogens with one attached hydrogen (secondary N) is 2. The Hall–Kier alpha value is -3.56. The van der Waals surface area contributed by atoms with Gasteiger partial charge in [-0.05, 0) is 19.9 Å². The van der Waals surface area contributed by atoms with Crippen LogP contribution in [0.4, 0.5) is 11.6 Å². The Morgan fingerprint density at radius 3 is 2.84 bits per heavy atom. The Balaban J connectivity index is 1.76. The molecular weight excluding hydrogens is 326 g/mol. The van der Waals surface area contributed by atoms with Crippen molar-refractivity contribution in [3.8, 4) is 11.4 Å². The predicted molar refractivity (Wildman–Crippen MR) is 89.0 cm³/mol. The summed E-state index contributed by atoms with van der Waals surface area (Å²) < 4.78 is 1.67. The van der Waals surface area contributed by atoms with Crippen LogP contribution in [0.3, 0.4) is 0 Å². The van der Waals surface area contributed by atoms with Crippen molar-refractivity contribution in [2.75, 3.05) is 5.32 Å². The van der Waals surface area contributed by atoms with Gasteiger partial charge in [-0.3, -0.25) is 30.0 Å². The number of aromatic amines is 1. The summed E-state index contributed by atoms with van der Waals surface area (Å²) in [5, 5.41) is 24.1. The highest BCUT2D eigenvalue weighted by Crippen LogP contribution is 2.21. The van der Waals surface area contributed by atoms with Gasteiger partial charge < -0.3 is 0 Å². The summed E-state index contributed by atoms with van der Waals surface area (Å²) in [4.78, 5) is 26.6. The summed E-state index contributed by atoms with van der Waals surface area (Å²) in [6, 6.07) is 7.70. The molecule has 3 rings (SSSR count). The molecule has 25 heavy (non-hydrogen) atoms. The number of aromatic nitrogens is 5. The lowest BCUT2D eigenvalue weighted by Crippen LogP contribution is -2.14. The van der Waals surface area contributed by atoms with Crippen LogP contribution < -0.4 is 5.32 Å². The molecule has 0 fully saturated rings. The average Bonchev–Trinajstić information content (AvgIpc) is 3.24. The first-order chi connectivity index (χ1) is 11.9. The summed E-state index contributed by atoms with van der Waals surface area (Å²) in [6.45, 7) is 3.91. The second-order valence-electron chi connectivity index (χ2n) is 5.54. The van der Waals surface area contributed by atoms with Gasteiger partial charge in [0.2, 0.25) is 5.95 Å². The minimum atomic E-state index is -0.492. The van der Waals surface area contributed by atoms with Crippen molar-refractivity contribution in [1.29, 1.82) is 0 Å². The molecule has 0 unspecified atom stereocenters. The normalized spacial score (nSPS) is 10.8. The van der Waals surface area contributed by atoms with Gasteiger partial charge in [-0.25, -0.2) is 0 Å². The lowest BCUT2D eigenvalue weighted by atomic mass is 10.2. The number of hydrogen-bond acceptors (Lipinski definition) is 6. The van der Waals surface area contributed by atoms with Gasteiger partial charge in [0.1, 0.15) is 0 Å². The van der Waals surface area contributed by atoms with Crippen molar-refractivity contribution in [1.82, 2.24) is 25.0 Å². The standard InChI is InChI=1S/C15H15N7O3/c1-9(2)21-7-6-12(20-21)14(23)17-15-16-13(18-19-15)10-4-3-5-11(8-10)22(24)25/h3-9H,1-2H3,(H2,16,17,18,19,23). The van der Waals surface area contributed by atoms with Gasteiger partial charge in [-0.15, -0.1) is 5.10 Å². The number of rotatable bonds is 5. The lowest BCUT2D eigenvalue weighted by molar-refractivity contribution is -0.384. The van der Waals surface area contributed by atoms with Gasteiger partial charge in [0, 0.05) is 29.9 Å². The van der Waals surface area contributed by atoms with E-state index >= 15 is 0 Å². The number of anilines is 1. The SMILES string of the molecule is CC(C)n1ccc(C(=O)Nc2n[nH]c(-c3cccc([N+](=O)[O-])c3)n2)n1. The molecule has 2 N–H and O–H groups in total. The maximum absolute atomic E-state index is 12.2. The van der Waals surface area contributed by atoms with E-state index in [4.69, 9.17) is 0 Å². The van der Waals surface area contributed by atoms with Crippen molar-refractivity contribution < 1.29 is 9.72 Å².